The van der Waals surface area contributed by atoms with E-state index in [1.807, 2.05) is 17.0 Å². The summed E-state index contributed by atoms with van der Waals surface area (Å²) in [6, 6.07) is 8.14. The number of benzene rings is 1. The van der Waals surface area contributed by atoms with Crippen LogP contribution in [0.15, 0.2) is 29.1 Å². The molecule has 0 spiro atoms. The van der Waals surface area contributed by atoms with Gasteiger partial charge in [0, 0.05) is 29.2 Å². The number of aromatic amines is 1. The van der Waals surface area contributed by atoms with Crippen molar-refractivity contribution in [2.75, 3.05) is 13.6 Å². The Balaban J connectivity index is 1.29. The zero-order chi connectivity index (χ0) is 24.8. The van der Waals surface area contributed by atoms with E-state index in [0.29, 0.717) is 30.6 Å². The number of carbonyl (C=O) groups is 1. The van der Waals surface area contributed by atoms with E-state index in [9.17, 15) is 19.8 Å². The van der Waals surface area contributed by atoms with Gasteiger partial charge in [-0.1, -0.05) is 6.07 Å². The Morgan fingerprint density at radius 1 is 1.11 bits per heavy atom. The van der Waals surface area contributed by atoms with Gasteiger partial charge in [0.15, 0.2) is 0 Å². The normalized spacial score (nSPS) is 34.9. The van der Waals surface area contributed by atoms with Crippen LogP contribution in [-0.4, -0.2) is 68.7 Å². The Morgan fingerprint density at radius 2 is 1.89 bits per heavy atom. The highest BCUT2D eigenvalue weighted by Crippen LogP contribution is 2.54. The summed E-state index contributed by atoms with van der Waals surface area (Å²) in [7, 11) is 2.21. The molecule has 36 heavy (non-hydrogen) atoms. The van der Waals surface area contributed by atoms with Crippen LogP contribution in [-0.2, 0) is 24.7 Å². The predicted octanol–water partition coefficient (Wildman–Crippen LogP) is 2.51. The highest BCUT2D eigenvalue weighted by Gasteiger charge is 2.55. The van der Waals surface area contributed by atoms with Gasteiger partial charge in [-0.2, -0.15) is 0 Å². The summed E-state index contributed by atoms with van der Waals surface area (Å²) < 4.78 is 0. The lowest BCUT2D eigenvalue weighted by Crippen LogP contribution is -2.62. The number of H-pyrrole nitrogens is 1. The predicted molar refractivity (Wildman–Crippen MR) is 135 cm³/mol. The van der Waals surface area contributed by atoms with Crippen LogP contribution in [0, 0.1) is 5.92 Å². The molecule has 190 valence electrons. The van der Waals surface area contributed by atoms with Crippen molar-refractivity contribution in [1.82, 2.24) is 14.8 Å². The van der Waals surface area contributed by atoms with E-state index in [-0.39, 0.29) is 40.6 Å². The van der Waals surface area contributed by atoms with Crippen LogP contribution < -0.4 is 5.56 Å². The molecule has 3 N–H and O–H groups in total. The van der Waals surface area contributed by atoms with Crippen LogP contribution in [0.5, 0.6) is 5.75 Å². The zero-order valence-corrected chi connectivity index (χ0v) is 20.9. The second-order valence-electron chi connectivity index (χ2n) is 12.1. The van der Waals surface area contributed by atoms with E-state index >= 15 is 0 Å². The number of aromatic nitrogens is 1. The Bertz CT molecular complexity index is 1290. The van der Waals surface area contributed by atoms with Crippen LogP contribution in [0.3, 0.4) is 0 Å². The Labute approximate surface area is 211 Å². The van der Waals surface area contributed by atoms with Crippen molar-refractivity contribution in [3.63, 3.8) is 0 Å². The Kier molecular flexibility index (Phi) is 4.97. The quantitative estimate of drug-likeness (QED) is 0.572. The molecule has 4 heterocycles. The van der Waals surface area contributed by atoms with Gasteiger partial charge in [0.1, 0.15) is 11.3 Å². The number of aliphatic hydroxyl groups excluding tert-OH is 1. The van der Waals surface area contributed by atoms with E-state index in [1.54, 1.807) is 6.07 Å². The first kappa shape index (κ1) is 22.5. The summed E-state index contributed by atoms with van der Waals surface area (Å²) in [5, 5.41) is 20.6. The van der Waals surface area contributed by atoms with Crippen LogP contribution >= 0.6 is 0 Å². The third kappa shape index (κ3) is 3.18. The number of rotatable bonds is 1. The maximum Gasteiger partial charge on any atom is 0.261 e. The lowest BCUT2D eigenvalue weighted by Gasteiger charge is -2.58. The van der Waals surface area contributed by atoms with E-state index in [2.05, 4.69) is 23.0 Å². The fourth-order valence-electron chi connectivity index (χ4n) is 8.60. The standard InChI is InChI=1S/C29H35N3O4/c1-31-8-7-29-15-25-17(10-24(29)26(31)11-16-5-6-20(33)14-23(16)29)9-22(27(35)30-25)28(36)32-18-3-2-4-19(32)13-21(34)12-18/h5-6,9,14,18-19,21,24,26,33-34H,2-4,7-8,10-13,15H2,1H3,(H,30,35)/t18-,19+,21+,24-,26+,29?/m0/s1. The lowest BCUT2D eigenvalue weighted by molar-refractivity contribution is -0.0152. The molecular formula is C29H35N3O4. The van der Waals surface area contributed by atoms with Crippen molar-refractivity contribution >= 4 is 5.91 Å². The molecule has 2 aromatic rings. The third-order valence-electron chi connectivity index (χ3n) is 10.3. The summed E-state index contributed by atoms with van der Waals surface area (Å²) in [5.41, 5.74) is 4.43. The van der Waals surface area contributed by atoms with Crippen molar-refractivity contribution in [2.24, 2.45) is 5.92 Å². The van der Waals surface area contributed by atoms with Gasteiger partial charge < -0.3 is 25.0 Å². The van der Waals surface area contributed by atoms with Crippen molar-refractivity contribution in [3.05, 3.63) is 62.6 Å². The number of hydrogen-bond donors (Lipinski definition) is 3. The minimum Gasteiger partial charge on any atom is -0.508 e. The fourth-order valence-corrected chi connectivity index (χ4v) is 8.60. The number of amides is 1. The minimum absolute atomic E-state index is 0.0224. The molecule has 2 aliphatic carbocycles. The first-order valence-corrected chi connectivity index (χ1v) is 13.6. The second kappa shape index (κ2) is 7.93. The molecule has 3 fully saturated rings. The topological polar surface area (TPSA) is 96.9 Å². The number of nitrogens with zero attached hydrogens (tertiary/aromatic N) is 2. The average molecular weight is 490 g/mol. The van der Waals surface area contributed by atoms with E-state index in [4.69, 9.17) is 0 Å². The number of aromatic hydroxyl groups is 1. The summed E-state index contributed by atoms with van der Waals surface area (Å²) in [6.07, 6.45) is 7.23. The molecule has 4 bridgehead atoms. The smallest absolute Gasteiger partial charge is 0.261 e. The van der Waals surface area contributed by atoms with Gasteiger partial charge in [0.25, 0.3) is 11.5 Å². The SMILES string of the molecule is CN1CCC23Cc4[nH]c(=O)c(C(=O)N5[C@@H]6CCC[C@H]5C[C@@H](O)C6)cc4C[C@H]2[C@H]1Cc1ccc(O)cc13. The molecule has 1 aromatic heterocycles. The maximum absolute atomic E-state index is 13.7. The van der Waals surface area contributed by atoms with Crippen LogP contribution in [0.4, 0.5) is 0 Å². The average Bonchev–Trinajstić information content (AvgIpc) is 2.84. The molecule has 0 radical (unpaired) electrons. The summed E-state index contributed by atoms with van der Waals surface area (Å²) in [4.78, 5) is 34.6. The highest BCUT2D eigenvalue weighted by molar-refractivity contribution is 5.94. The molecule has 1 amide bonds. The largest absolute Gasteiger partial charge is 0.508 e. The first-order chi connectivity index (χ1) is 17.3. The number of likely N-dealkylation sites (tertiary alicyclic amines) is 1. The van der Waals surface area contributed by atoms with Crippen LogP contribution in [0.25, 0.3) is 0 Å². The number of fused-ring (bicyclic) bond motifs is 4. The molecule has 6 atom stereocenters. The van der Waals surface area contributed by atoms with Crippen LogP contribution in [0.1, 0.15) is 71.3 Å². The summed E-state index contributed by atoms with van der Waals surface area (Å²) in [6.45, 7) is 0.996. The molecule has 5 aliphatic rings. The molecule has 7 nitrogen and oxygen atoms in total. The maximum atomic E-state index is 13.7. The first-order valence-electron chi connectivity index (χ1n) is 13.6. The minimum atomic E-state index is -0.354. The number of phenols is 1. The number of aliphatic hydroxyl groups is 1. The van der Waals surface area contributed by atoms with Gasteiger partial charge in [-0.25, -0.2) is 0 Å². The monoisotopic (exact) mass is 489 g/mol. The van der Waals surface area contributed by atoms with E-state index < -0.39 is 0 Å². The van der Waals surface area contributed by atoms with Crippen molar-refractivity contribution < 1.29 is 15.0 Å². The molecule has 7 rings (SSSR count). The van der Waals surface area contributed by atoms with Crippen molar-refractivity contribution in [3.8, 4) is 5.75 Å². The lowest BCUT2D eigenvalue weighted by atomic mass is 9.52. The van der Waals surface area contributed by atoms with Crippen molar-refractivity contribution in [1.29, 1.82) is 0 Å². The highest BCUT2D eigenvalue weighted by atomic mass is 16.3. The third-order valence-corrected chi connectivity index (χ3v) is 10.3. The molecular weight excluding hydrogens is 454 g/mol. The van der Waals surface area contributed by atoms with Gasteiger partial charge in [-0.15, -0.1) is 0 Å². The number of pyridine rings is 1. The molecule has 3 saturated heterocycles. The van der Waals surface area contributed by atoms with E-state index in [1.165, 1.54) is 11.1 Å². The van der Waals surface area contributed by atoms with Gasteiger partial charge in [0.05, 0.1) is 6.10 Å². The number of carbonyl (C=O) groups excluding carboxylic acids is 1. The molecule has 1 aromatic carbocycles. The van der Waals surface area contributed by atoms with Gasteiger partial charge in [-0.05, 0) is 112 Å². The Hall–Kier alpha value is -2.64. The van der Waals surface area contributed by atoms with Gasteiger partial charge >= 0.3 is 0 Å². The van der Waals surface area contributed by atoms with Crippen molar-refractivity contribution in [2.45, 2.75) is 87.4 Å². The number of likely N-dealkylation sites (N-methyl/N-ethyl adjacent to an activating group) is 1. The number of hydrogen-bond acceptors (Lipinski definition) is 5. The van der Waals surface area contributed by atoms with Crippen LogP contribution in [0.2, 0.25) is 0 Å². The number of nitrogens with one attached hydrogen (secondary N) is 1. The Morgan fingerprint density at radius 3 is 2.67 bits per heavy atom. The molecule has 0 saturated carbocycles. The summed E-state index contributed by atoms with van der Waals surface area (Å²) >= 11 is 0. The summed E-state index contributed by atoms with van der Waals surface area (Å²) in [5.74, 6) is 0.505. The van der Waals surface area contributed by atoms with Gasteiger partial charge in [-0.3, -0.25) is 9.59 Å². The van der Waals surface area contributed by atoms with E-state index in [0.717, 1.165) is 62.7 Å². The molecule has 7 heteroatoms. The number of phenolic OH excluding ortho intramolecular Hbond substituents is 1. The van der Waals surface area contributed by atoms with Gasteiger partial charge in [0.2, 0.25) is 0 Å². The molecule has 1 unspecified atom stereocenters. The number of piperidine rings is 3. The second-order valence-corrected chi connectivity index (χ2v) is 12.1. The fraction of sp³-hybridized carbons (Fsp3) is 0.586. The zero-order valence-electron chi connectivity index (χ0n) is 20.9. The molecule has 3 aliphatic heterocycles.